The highest BCUT2D eigenvalue weighted by molar-refractivity contribution is 5.18. The first-order valence-corrected chi connectivity index (χ1v) is 7.19. The summed E-state index contributed by atoms with van der Waals surface area (Å²) in [6.07, 6.45) is 2.63. The van der Waals surface area contributed by atoms with Gasteiger partial charge in [0, 0.05) is 43.9 Å². The molecule has 0 bridgehead atoms. The van der Waals surface area contributed by atoms with E-state index in [0.717, 1.165) is 39.1 Å². The van der Waals surface area contributed by atoms with Gasteiger partial charge < -0.3 is 4.74 Å². The molecule has 4 nitrogen and oxygen atoms in total. The van der Waals surface area contributed by atoms with Gasteiger partial charge in [-0.1, -0.05) is 0 Å². The van der Waals surface area contributed by atoms with Crippen molar-refractivity contribution in [2.24, 2.45) is 12.5 Å². The van der Waals surface area contributed by atoms with Gasteiger partial charge in [-0.25, -0.2) is 8.78 Å². The number of alkyl halides is 2. The van der Waals surface area contributed by atoms with Crippen LogP contribution in [0.2, 0.25) is 0 Å². The standard InChI is InChI=1S/C14H21F2N3O/c1-18-7-11(12(17-18)13(15)16)8-19-5-4-14(9-19)3-2-6-20-10-14/h7,13H,2-6,8-10H2,1H3. The summed E-state index contributed by atoms with van der Waals surface area (Å²) in [6.45, 7) is 4.15. The van der Waals surface area contributed by atoms with Crippen LogP contribution < -0.4 is 0 Å². The van der Waals surface area contributed by atoms with Crippen molar-refractivity contribution in [3.63, 3.8) is 0 Å². The molecule has 0 aromatic carbocycles. The maximum atomic E-state index is 12.9. The van der Waals surface area contributed by atoms with Gasteiger partial charge in [0.2, 0.25) is 0 Å². The van der Waals surface area contributed by atoms with Crippen molar-refractivity contribution in [2.45, 2.75) is 32.2 Å². The molecule has 1 unspecified atom stereocenters. The maximum Gasteiger partial charge on any atom is 0.282 e. The molecule has 3 heterocycles. The quantitative estimate of drug-likeness (QED) is 0.854. The summed E-state index contributed by atoms with van der Waals surface area (Å²) in [5.41, 5.74) is 0.829. The lowest BCUT2D eigenvalue weighted by atomic mass is 9.82. The van der Waals surface area contributed by atoms with E-state index < -0.39 is 6.43 Å². The van der Waals surface area contributed by atoms with Crippen LogP contribution in [0, 0.1) is 5.41 Å². The van der Waals surface area contributed by atoms with Gasteiger partial charge in [0.05, 0.1) is 6.61 Å². The van der Waals surface area contributed by atoms with Crippen LogP contribution in [-0.2, 0) is 18.3 Å². The Morgan fingerprint density at radius 3 is 3.00 bits per heavy atom. The first-order valence-electron chi connectivity index (χ1n) is 7.19. The average Bonchev–Trinajstić information content (AvgIpc) is 2.96. The molecule has 2 aliphatic heterocycles. The molecular weight excluding hydrogens is 264 g/mol. The van der Waals surface area contributed by atoms with Gasteiger partial charge in [-0.3, -0.25) is 9.58 Å². The molecule has 1 atom stereocenters. The predicted octanol–water partition coefficient (Wildman–Crippen LogP) is 2.36. The van der Waals surface area contributed by atoms with E-state index >= 15 is 0 Å². The van der Waals surface area contributed by atoms with Crippen molar-refractivity contribution < 1.29 is 13.5 Å². The third kappa shape index (κ3) is 2.72. The molecule has 2 fully saturated rings. The molecule has 0 N–H and O–H groups in total. The number of likely N-dealkylation sites (tertiary alicyclic amines) is 1. The van der Waals surface area contributed by atoms with Crippen LogP contribution in [0.4, 0.5) is 8.78 Å². The van der Waals surface area contributed by atoms with Crippen LogP contribution in [0.5, 0.6) is 0 Å². The highest BCUT2D eigenvalue weighted by Gasteiger charge is 2.39. The van der Waals surface area contributed by atoms with E-state index in [2.05, 4.69) is 10.00 Å². The van der Waals surface area contributed by atoms with E-state index in [-0.39, 0.29) is 11.1 Å². The van der Waals surface area contributed by atoms with Crippen LogP contribution in [0.15, 0.2) is 6.20 Å². The number of hydrogen-bond acceptors (Lipinski definition) is 3. The van der Waals surface area contributed by atoms with Crippen molar-refractivity contribution in [3.8, 4) is 0 Å². The van der Waals surface area contributed by atoms with Crippen LogP contribution in [0.25, 0.3) is 0 Å². The van der Waals surface area contributed by atoms with Crippen molar-refractivity contribution in [3.05, 3.63) is 17.5 Å². The van der Waals surface area contributed by atoms with E-state index in [1.54, 1.807) is 13.2 Å². The molecule has 0 aliphatic carbocycles. The minimum Gasteiger partial charge on any atom is -0.381 e. The Labute approximate surface area is 117 Å². The largest absolute Gasteiger partial charge is 0.381 e. The second-order valence-corrected chi connectivity index (χ2v) is 6.13. The SMILES string of the molecule is Cn1cc(CN2CCC3(CCCOC3)C2)c(C(F)F)n1. The van der Waals surface area contributed by atoms with Gasteiger partial charge in [-0.05, 0) is 25.8 Å². The summed E-state index contributed by atoms with van der Waals surface area (Å²) >= 11 is 0. The Balaban J connectivity index is 1.67. The number of aryl methyl sites for hydroxylation is 1. The van der Waals surface area contributed by atoms with Crippen molar-refractivity contribution in [1.82, 2.24) is 14.7 Å². The van der Waals surface area contributed by atoms with Gasteiger partial charge in [0.15, 0.2) is 0 Å². The maximum absolute atomic E-state index is 12.9. The summed E-state index contributed by atoms with van der Waals surface area (Å²) < 4.78 is 33.0. The highest BCUT2D eigenvalue weighted by Crippen LogP contribution is 2.38. The fraction of sp³-hybridized carbons (Fsp3) is 0.786. The molecule has 112 valence electrons. The minimum absolute atomic E-state index is 0.0756. The second kappa shape index (κ2) is 5.41. The zero-order valence-corrected chi connectivity index (χ0v) is 11.8. The number of hydrogen-bond donors (Lipinski definition) is 0. The van der Waals surface area contributed by atoms with Crippen LogP contribution >= 0.6 is 0 Å². The van der Waals surface area contributed by atoms with E-state index in [1.165, 1.54) is 11.1 Å². The summed E-state index contributed by atoms with van der Waals surface area (Å²) in [6, 6.07) is 0. The second-order valence-electron chi connectivity index (χ2n) is 6.13. The van der Waals surface area contributed by atoms with E-state index in [0.29, 0.717) is 12.1 Å². The molecular formula is C14H21F2N3O. The van der Waals surface area contributed by atoms with Gasteiger partial charge in [0.1, 0.15) is 5.69 Å². The van der Waals surface area contributed by atoms with Crippen molar-refractivity contribution in [1.29, 1.82) is 0 Å². The molecule has 2 saturated heterocycles. The Morgan fingerprint density at radius 1 is 1.45 bits per heavy atom. The van der Waals surface area contributed by atoms with E-state index in [1.807, 2.05) is 0 Å². The number of halogens is 2. The van der Waals surface area contributed by atoms with Crippen LogP contribution in [0.1, 0.15) is 36.9 Å². The normalized spacial score (nSPS) is 27.8. The molecule has 0 radical (unpaired) electrons. The molecule has 0 amide bonds. The first kappa shape index (κ1) is 13.9. The van der Waals surface area contributed by atoms with Gasteiger partial charge in [-0.15, -0.1) is 0 Å². The lowest BCUT2D eigenvalue weighted by Gasteiger charge is -2.33. The minimum atomic E-state index is -2.50. The van der Waals surface area contributed by atoms with Gasteiger partial charge in [0.25, 0.3) is 6.43 Å². The topological polar surface area (TPSA) is 30.3 Å². The lowest BCUT2D eigenvalue weighted by molar-refractivity contribution is -0.00252. The third-order valence-corrected chi connectivity index (χ3v) is 4.46. The van der Waals surface area contributed by atoms with Crippen molar-refractivity contribution in [2.75, 3.05) is 26.3 Å². The Kier molecular flexibility index (Phi) is 3.77. The fourth-order valence-electron chi connectivity index (χ4n) is 3.50. The first-order chi connectivity index (χ1) is 9.58. The molecule has 6 heteroatoms. The molecule has 1 aromatic rings. The summed E-state index contributed by atoms with van der Waals surface area (Å²) in [5, 5.41) is 3.87. The Morgan fingerprint density at radius 2 is 2.30 bits per heavy atom. The number of aromatic nitrogens is 2. The molecule has 2 aliphatic rings. The zero-order chi connectivity index (χ0) is 14.2. The summed E-state index contributed by atoms with van der Waals surface area (Å²) in [5.74, 6) is 0. The van der Waals surface area contributed by atoms with E-state index in [4.69, 9.17) is 4.74 Å². The molecule has 1 spiro atoms. The Bertz CT molecular complexity index is 469. The molecule has 3 rings (SSSR count). The number of ether oxygens (including phenoxy) is 1. The van der Waals surface area contributed by atoms with Gasteiger partial charge >= 0.3 is 0 Å². The van der Waals surface area contributed by atoms with Crippen LogP contribution in [0.3, 0.4) is 0 Å². The van der Waals surface area contributed by atoms with Gasteiger partial charge in [-0.2, -0.15) is 5.10 Å². The Hall–Kier alpha value is -1.01. The smallest absolute Gasteiger partial charge is 0.282 e. The lowest BCUT2D eigenvalue weighted by Crippen LogP contribution is -2.34. The molecule has 0 saturated carbocycles. The van der Waals surface area contributed by atoms with E-state index in [9.17, 15) is 8.78 Å². The molecule has 20 heavy (non-hydrogen) atoms. The highest BCUT2D eigenvalue weighted by atomic mass is 19.3. The monoisotopic (exact) mass is 285 g/mol. The predicted molar refractivity (Wildman–Crippen MR) is 70.5 cm³/mol. The van der Waals surface area contributed by atoms with Crippen LogP contribution in [-0.4, -0.2) is 41.0 Å². The number of nitrogens with zero attached hydrogens (tertiary/aromatic N) is 3. The summed E-state index contributed by atoms with van der Waals surface area (Å²) in [4.78, 5) is 2.26. The third-order valence-electron chi connectivity index (χ3n) is 4.46. The van der Waals surface area contributed by atoms with Crippen molar-refractivity contribution >= 4 is 0 Å². The fourth-order valence-corrected chi connectivity index (χ4v) is 3.50. The summed E-state index contributed by atoms with van der Waals surface area (Å²) in [7, 11) is 1.69. The average molecular weight is 285 g/mol. The zero-order valence-electron chi connectivity index (χ0n) is 11.8. The molecule has 1 aromatic heterocycles. The number of rotatable bonds is 3.